The Bertz CT molecular complexity index is 576. The third-order valence-corrected chi connectivity index (χ3v) is 2.34. The standard InChI is InChI=1S/C9H7N3O8/c1-20-9(13)4-6-7(11(16)17)2-5(10(14)15)3-8(6)12(18)19/h2-3H,4H2,1H3. The first-order valence-electron chi connectivity index (χ1n) is 4.94. The van der Waals surface area contributed by atoms with Gasteiger partial charge in [0.2, 0.25) is 0 Å². The van der Waals surface area contributed by atoms with Crippen molar-refractivity contribution >= 4 is 23.0 Å². The van der Waals surface area contributed by atoms with Gasteiger partial charge in [-0.1, -0.05) is 0 Å². The monoisotopic (exact) mass is 285 g/mol. The first-order valence-corrected chi connectivity index (χ1v) is 4.94. The second kappa shape index (κ2) is 5.69. The summed E-state index contributed by atoms with van der Waals surface area (Å²) in [5.41, 5.74) is -3.11. The maximum absolute atomic E-state index is 11.1. The van der Waals surface area contributed by atoms with Crippen LogP contribution >= 0.6 is 0 Å². The molecule has 11 heteroatoms. The van der Waals surface area contributed by atoms with Gasteiger partial charge in [0, 0.05) is 0 Å². The van der Waals surface area contributed by atoms with Crippen LogP contribution in [0.4, 0.5) is 17.1 Å². The van der Waals surface area contributed by atoms with E-state index in [1.54, 1.807) is 0 Å². The van der Waals surface area contributed by atoms with Crippen LogP contribution < -0.4 is 0 Å². The van der Waals surface area contributed by atoms with Crippen LogP contribution in [0.2, 0.25) is 0 Å². The zero-order chi connectivity index (χ0) is 15.4. The van der Waals surface area contributed by atoms with Gasteiger partial charge in [-0.3, -0.25) is 35.1 Å². The molecular weight excluding hydrogens is 278 g/mol. The molecule has 0 spiro atoms. The third kappa shape index (κ3) is 3.01. The maximum atomic E-state index is 11.1. The van der Waals surface area contributed by atoms with Crippen LogP contribution in [0.25, 0.3) is 0 Å². The maximum Gasteiger partial charge on any atom is 0.310 e. The molecule has 0 fully saturated rings. The number of nitrogens with zero attached hydrogens (tertiary/aromatic N) is 3. The fraction of sp³-hybridized carbons (Fsp3) is 0.222. The molecule has 0 N–H and O–H groups in total. The van der Waals surface area contributed by atoms with Crippen LogP contribution in [0.3, 0.4) is 0 Å². The van der Waals surface area contributed by atoms with E-state index in [2.05, 4.69) is 4.74 Å². The Morgan fingerprint density at radius 1 is 1.05 bits per heavy atom. The molecule has 11 nitrogen and oxygen atoms in total. The molecule has 1 rings (SSSR count). The molecule has 106 valence electrons. The molecule has 0 atom stereocenters. The molecule has 0 amide bonds. The van der Waals surface area contributed by atoms with Crippen LogP contribution in [0.1, 0.15) is 5.56 Å². The largest absolute Gasteiger partial charge is 0.469 e. The minimum Gasteiger partial charge on any atom is -0.469 e. The summed E-state index contributed by atoms with van der Waals surface area (Å²) in [4.78, 5) is 40.4. The summed E-state index contributed by atoms with van der Waals surface area (Å²) in [5, 5.41) is 32.3. The molecule has 0 bridgehead atoms. The zero-order valence-electron chi connectivity index (χ0n) is 9.97. The zero-order valence-corrected chi connectivity index (χ0v) is 9.97. The van der Waals surface area contributed by atoms with Crippen LogP contribution in [0, 0.1) is 30.3 Å². The van der Waals surface area contributed by atoms with Crippen molar-refractivity contribution in [2.45, 2.75) is 6.42 Å². The van der Waals surface area contributed by atoms with Crippen LogP contribution in [-0.4, -0.2) is 27.8 Å². The summed E-state index contributed by atoms with van der Waals surface area (Å²) >= 11 is 0. The average Bonchev–Trinajstić information content (AvgIpc) is 2.37. The molecule has 0 aliphatic rings. The van der Waals surface area contributed by atoms with Gasteiger partial charge in [-0.05, 0) is 0 Å². The molecule has 0 radical (unpaired) electrons. The van der Waals surface area contributed by atoms with Crippen molar-refractivity contribution in [3.8, 4) is 0 Å². The van der Waals surface area contributed by atoms with E-state index in [1.807, 2.05) is 0 Å². The lowest BCUT2D eigenvalue weighted by Crippen LogP contribution is -2.10. The van der Waals surface area contributed by atoms with E-state index >= 15 is 0 Å². The summed E-state index contributed by atoms with van der Waals surface area (Å²) in [6, 6.07) is 1.12. The minimum atomic E-state index is -1.03. The summed E-state index contributed by atoms with van der Waals surface area (Å²) in [6.45, 7) is 0. The number of hydrogen-bond acceptors (Lipinski definition) is 8. The molecule has 0 aliphatic carbocycles. The smallest absolute Gasteiger partial charge is 0.310 e. The molecular formula is C9H7N3O8. The van der Waals surface area contributed by atoms with Crippen LogP contribution in [0.5, 0.6) is 0 Å². The highest BCUT2D eigenvalue weighted by Gasteiger charge is 2.31. The highest BCUT2D eigenvalue weighted by atomic mass is 16.6. The number of nitro groups is 3. The van der Waals surface area contributed by atoms with Crippen molar-refractivity contribution in [2.75, 3.05) is 7.11 Å². The predicted molar refractivity (Wildman–Crippen MR) is 62.1 cm³/mol. The van der Waals surface area contributed by atoms with E-state index in [0.717, 1.165) is 7.11 Å². The quantitative estimate of drug-likeness (QED) is 0.442. The van der Waals surface area contributed by atoms with Gasteiger partial charge in [-0.15, -0.1) is 0 Å². The van der Waals surface area contributed by atoms with E-state index in [9.17, 15) is 35.1 Å². The molecule has 0 unspecified atom stereocenters. The number of benzene rings is 1. The summed E-state index contributed by atoms with van der Waals surface area (Å²) in [6.07, 6.45) is -0.735. The van der Waals surface area contributed by atoms with Crippen molar-refractivity contribution in [2.24, 2.45) is 0 Å². The van der Waals surface area contributed by atoms with Gasteiger partial charge in [0.05, 0.1) is 40.4 Å². The summed E-state index contributed by atoms with van der Waals surface area (Å²) < 4.78 is 4.28. The molecule has 1 aromatic rings. The van der Waals surface area contributed by atoms with Crippen LogP contribution in [-0.2, 0) is 16.0 Å². The molecule has 0 aliphatic heterocycles. The number of hydrogen-bond donors (Lipinski definition) is 0. The fourth-order valence-corrected chi connectivity index (χ4v) is 1.46. The number of esters is 1. The number of non-ortho nitro benzene ring substituents is 1. The lowest BCUT2D eigenvalue weighted by molar-refractivity contribution is -0.404. The van der Waals surface area contributed by atoms with Crippen LogP contribution in [0.15, 0.2) is 12.1 Å². The van der Waals surface area contributed by atoms with E-state index in [-0.39, 0.29) is 0 Å². The average molecular weight is 285 g/mol. The number of carbonyl (C=O) groups is 1. The van der Waals surface area contributed by atoms with Gasteiger partial charge in [-0.25, -0.2) is 0 Å². The molecule has 0 saturated carbocycles. The Morgan fingerprint density at radius 3 is 1.80 bits per heavy atom. The Kier molecular flexibility index (Phi) is 4.25. The second-order valence-electron chi connectivity index (χ2n) is 3.49. The minimum absolute atomic E-state index is 0.544. The highest BCUT2D eigenvalue weighted by molar-refractivity contribution is 5.77. The molecule has 0 saturated heterocycles. The second-order valence-corrected chi connectivity index (χ2v) is 3.49. The Balaban J connectivity index is 3.59. The van der Waals surface area contributed by atoms with E-state index in [0.29, 0.717) is 12.1 Å². The van der Waals surface area contributed by atoms with Crippen molar-refractivity contribution in [3.05, 3.63) is 48.0 Å². The van der Waals surface area contributed by atoms with Crippen molar-refractivity contribution in [3.63, 3.8) is 0 Å². The van der Waals surface area contributed by atoms with E-state index in [4.69, 9.17) is 0 Å². The first-order chi connectivity index (χ1) is 9.27. The normalized spacial score (nSPS) is 9.85. The lowest BCUT2D eigenvalue weighted by Gasteiger charge is -2.03. The first kappa shape index (κ1) is 14.9. The predicted octanol–water partition coefficient (Wildman–Crippen LogP) is 1.13. The third-order valence-electron chi connectivity index (χ3n) is 2.34. The molecule has 0 aromatic heterocycles. The Hall–Kier alpha value is -3.11. The summed E-state index contributed by atoms with van der Waals surface area (Å²) in [5.74, 6) is -0.940. The van der Waals surface area contributed by atoms with Crippen molar-refractivity contribution in [1.82, 2.24) is 0 Å². The lowest BCUT2D eigenvalue weighted by atomic mass is 10.1. The number of nitro benzene ring substituents is 3. The number of ether oxygens (including phenoxy) is 1. The van der Waals surface area contributed by atoms with Gasteiger partial charge in [0.1, 0.15) is 5.56 Å². The fourth-order valence-electron chi connectivity index (χ4n) is 1.46. The molecule has 1 aromatic carbocycles. The van der Waals surface area contributed by atoms with Gasteiger partial charge in [0.15, 0.2) is 0 Å². The van der Waals surface area contributed by atoms with Gasteiger partial charge >= 0.3 is 5.97 Å². The molecule has 20 heavy (non-hydrogen) atoms. The highest BCUT2D eigenvalue weighted by Crippen LogP contribution is 2.34. The summed E-state index contributed by atoms with van der Waals surface area (Å²) in [7, 11) is 1.01. The van der Waals surface area contributed by atoms with Crippen molar-refractivity contribution in [1.29, 1.82) is 0 Å². The van der Waals surface area contributed by atoms with Gasteiger partial charge in [0.25, 0.3) is 17.1 Å². The SMILES string of the molecule is COC(=O)Cc1c([N+](=O)[O-])cc([N+](=O)[O-])cc1[N+](=O)[O-]. The molecule has 0 heterocycles. The Morgan fingerprint density at radius 2 is 1.50 bits per heavy atom. The topological polar surface area (TPSA) is 156 Å². The van der Waals surface area contributed by atoms with Gasteiger partial charge in [-0.2, -0.15) is 0 Å². The van der Waals surface area contributed by atoms with E-state index in [1.165, 1.54) is 0 Å². The Labute approximate surface area is 110 Å². The van der Waals surface area contributed by atoms with E-state index < -0.39 is 49.8 Å². The number of carbonyl (C=O) groups excluding carboxylic acids is 1. The number of rotatable bonds is 5. The van der Waals surface area contributed by atoms with Crippen molar-refractivity contribution < 1.29 is 24.3 Å². The van der Waals surface area contributed by atoms with Gasteiger partial charge < -0.3 is 4.74 Å². The number of methoxy groups -OCH3 is 1.